The first kappa shape index (κ1) is 16.1. The normalized spacial score (nSPS) is 18.2. The Labute approximate surface area is 148 Å². The van der Waals surface area contributed by atoms with Gasteiger partial charge >= 0.3 is 0 Å². The molecule has 2 aliphatic rings. The molecule has 0 amide bonds. The van der Waals surface area contributed by atoms with Crippen molar-refractivity contribution in [3.05, 3.63) is 30.5 Å². The average Bonchev–Trinajstić information content (AvgIpc) is 2.70. The quantitative estimate of drug-likeness (QED) is 0.917. The zero-order chi connectivity index (χ0) is 16.9. The highest BCUT2D eigenvalue weighted by atomic mass is 16.5. The Balaban J connectivity index is 1.54. The Hall–Kier alpha value is -2.41. The molecule has 0 bridgehead atoms. The maximum Gasteiger partial charge on any atom is 0.247 e. The standard InChI is InChI=1S/C18H24N6O/c1-4-8-24(9-5-1)18-21-17(14-19-22-18)20-15-6-2-3-7-16(15)23-10-12-25-13-11-23/h2-3,6-7,14H,1,4-5,8-13H2,(H,20,21,22). The molecule has 1 aromatic carbocycles. The van der Waals surface area contributed by atoms with Gasteiger partial charge in [-0.15, -0.1) is 5.10 Å². The third-order valence-corrected chi connectivity index (χ3v) is 4.71. The van der Waals surface area contributed by atoms with Crippen LogP contribution >= 0.6 is 0 Å². The van der Waals surface area contributed by atoms with E-state index in [0.29, 0.717) is 5.95 Å². The minimum atomic E-state index is 0.716. The lowest BCUT2D eigenvalue weighted by Gasteiger charge is -2.30. The average molecular weight is 340 g/mol. The van der Waals surface area contributed by atoms with Crippen LogP contribution in [0.4, 0.5) is 23.1 Å². The van der Waals surface area contributed by atoms with Crippen LogP contribution in [-0.4, -0.2) is 54.6 Å². The maximum absolute atomic E-state index is 5.46. The van der Waals surface area contributed by atoms with Crippen LogP contribution < -0.4 is 15.1 Å². The summed E-state index contributed by atoms with van der Waals surface area (Å²) in [5.74, 6) is 1.45. The number of hydrogen-bond acceptors (Lipinski definition) is 7. The van der Waals surface area contributed by atoms with E-state index in [4.69, 9.17) is 4.74 Å². The van der Waals surface area contributed by atoms with Crippen LogP contribution in [0.15, 0.2) is 30.5 Å². The lowest BCUT2D eigenvalue weighted by atomic mass is 10.1. The number of nitrogens with one attached hydrogen (secondary N) is 1. The molecule has 7 nitrogen and oxygen atoms in total. The molecule has 2 aromatic rings. The van der Waals surface area contributed by atoms with Crippen LogP contribution in [0.25, 0.3) is 0 Å². The molecule has 2 saturated heterocycles. The van der Waals surface area contributed by atoms with Crippen LogP contribution in [0.2, 0.25) is 0 Å². The molecule has 1 aromatic heterocycles. The molecule has 0 radical (unpaired) electrons. The summed E-state index contributed by atoms with van der Waals surface area (Å²) < 4.78 is 5.46. The van der Waals surface area contributed by atoms with Gasteiger partial charge in [0.2, 0.25) is 5.95 Å². The predicted molar refractivity (Wildman–Crippen MR) is 98.6 cm³/mol. The number of anilines is 4. The predicted octanol–water partition coefficient (Wildman–Crippen LogP) is 2.44. The summed E-state index contributed by atoms with van der Waals surface area (Å²) in [6.07, 6.45) is 5.36. The zero-order valence-corrected chi connectivity index (χ0v) is 14.4. The Morgan fingerprint density at radius 1 is 0.920 bits per heavy atom. The fourth-order valence-electron chi connectivity index (χ4n) is 3.38. The van der Waals surface area contributed by atoms with Crippen molar-refractivity contribution < 1.29 is 4.74 Å². The van der Waals surface area contributed by atoms with E-state index in [1.165, 1.54) is 24.9 Å². The van der Waals surface area contributed by atoms with Crippen LogP contribution in [0.3, 0.4) is 0 Å². The van der Waals surface area contributed by atoms with E-state index >= 15 is 0 Å². The number of benzene rings is 1. The number of hydrogen-bond donors (Lipinski definition) is 1. The second kappa shape index (κ2) is 7.65. The molecule has 3 heterocycles. The van der Waals surface area contributed by atoms with Gasteiger partial charge in [-0.25, -0.2) is 0 Å². The molecule has 0 spiro atoms. The second-order valence-electron chi connectivity index (χ2n) is 6.43. The Kier molecular flexibility index (Phi) is 4.92. The number of piperidine rings is 1. The molecule has 0 saturated carbocycles. The van der Waals surface area contributed by atoms with E-state index in [9.17, 15) is 0 Å². The summed E-state index contributed by atoms with van der Waals surface area (Å²) in [5, 5.41) is 11.8. The van der Waals surface area contributed by atoms with Gasteiger partial charge in [0.15, 0.2) is 5.82 Å². The van der Waals surface area contributed by atoms with Crippen molar-refractivity contribution in [2.75, 3.05) is 54.5 Å². The van der Waals surface area contributed by atoms with Gasteiger partial charge in [-0.1, -0.05) is 12.1 Å². The smallest absolute Gasteiger partial charge is 0.247 e. The molecule has 25 heavy (non-hydrogen) atoms. The minimum Gasteiger partial charge on any atom is -0.378 e. The number of morpholine rings is 1. The van der Waals surface area contributed by atoms with Gasteiger partial charge in [-0.05, 0) is 31.4 Å². The van der Waals surface area contributed by atoms with Gasteiger partial charge in [0.05, 0.1) is 30.8 Å². The monoisotopic (exact) mass is 340 g/mol. The van der Waals surface area contributed by atoms with E-state index in [-0.39, 0.29) is 0 Å². The third-order valence-electron chi connectivity index (χ3n) is 4.71. The first-order valence-electron chi connectivity index (χ1n) is 9.03. The van der Waals surface area contributed by atoms with E-state index in [1.54, 1.807) is 6.20 Å². The topological polar surface area (TPSA) is 66.4 Å². The van der Waals surface area contributed by atoms with E-state index < -0.39 is 0 Å². The van der Waals surface area contributed by atoms with Gasteiger partial charge in [0.1, 0.15) is 0 Å². The highest BCUT2D eigenvalue weighted by Crippen LogP contribution is 2.29. The summed E-state index contributed by atoms with van der Waals surface area (Å²) in [5.41, 5.74) is 2.21. The van der Waals surface area contributed by atoms with Crippen molar-refractivity contribution >= 4 is 23.1 Å². The second-order valence-corrected chi connectivity index (χ2v) is 6.43. The van der Waals surface area contributed by atoms with Gasteiger partial charge in [0, 0.05) is 26.2 Å². The summed E-state index contributed by atoms with van der Waals surface area (Å²) in [6, 6.07) is 8.31. The van der Waals surface area contributed by atoms with Crippen molar-refractivity contribution in [3.8, 4) is 0 Å². The Morgan fingerprint density at radius 3 is 2.56 bits per heavy atom. The first-order valence-corrected chi connectivity index (χ1v) is 9.03. The van der Waals surface area contributed by atoms with E-state index in [2.05, 4.69) is 48.5 Å². The summed E-state index contributed by atoms with van der Waals surface area (Å²) >= 11 is 0. The summed E-state index contributed by atoms with van der Waals surface area (Å²) in [6.45, 7) is 5.36. The fourth-order valence-corrected chi connectivity index (χ4v) is 3.38. The third kappa shape index (κ3) is 3.82. The molecular weight excluding hydrogens is 316 g/mol. The summed E-state index contributed by atoms with van der Waals surface area (Å²) in [4.78, 5) is 9.23. The lowest BCUT2D eigenvalue weighted by Crippen LogP contribution is -2.36. The van der Waals surface area contributed by atoms with Crippen LogP contribution in [0, 0.1) is 0 Å². The van der Waals surface area contributed by atoms with E-state index in [1.807, 2.05) is 6.07 Å². The van der Waals surface area contributed by atoms with Crippen molar-refractivity contribution in [3.63, 3.8) is 0 Å². The van der Waals surface area contributed by atoms with Crippen LogP contribution in [-0.2, 0) is 4.74 Å². The highest BCUT2D eigenvalue weighted by molar-refractivity contribution is 5.74. The van der Waals surface area contributed by atoms with Crippen molar-refractivity contribution in [1.82, 2.24) is 15.2 Å². The van der Waals surface area contributed by atoms with Gasteiger partial charge in [-0.2, -0.15) is 10.1 Å². The van der Waals surface area contributed by atoms with Crippen molar-refractivity contribution in [1.29, 1.82) is 0 Å². The van der Waals surface area contributed by atoms with Gasteiger partial charge in [-0.3, -0.25) is 0 Å². The first-order chi connectivity index (χ1) is 12.4. The lowest BCUT2D eigenvalue weighted by molar-refractivity contribution is 0.123. The van der Waals surface area contributed by atoms with Crippen LogP contribution in [0.1, 0.15) is 19.3 Å². The zero-order valence-electron chi connectivity index (χ0n) is 14.4. The molecular formula is C18H24N6O. The highest BCUT2D eigenvalue weighted by Gasteiger charge is 2.17. The molecule has 0 aliphatic carbocycles. The Bertz CT molecular complexity index is 697. The molecule has 2 fully saturated rings. The minimum absolute atomic E-state index is 0.716. The number of ether oxygens (including phenoxy) is 1. The number of aromatic nitrogens is 3. The van der Waals surface area contributed by atoms with Crippen molar-refractivity contribution in [2.45, 2.75) is 19.3 Å². The fraction of sp³-hybridized carbons (Fsp3) is 0.500. The van der Waals surface area contributed by atoms with Crippen LogP contribution in [0.5, 0.6) is 0 Å². The molecule has 7 heteroatoms. The Morgan fingerprint density at radius 2 is 1.72 bits per heavy atom. The molecule has 2 aliphatic heterocycles. The van der Waals surface area contributed by atoms with Gasteiger partial charge < -0.3 is 19.9 Å². The maximum atomic E-state index is 5.46. The largest absolute Gasteiger partial charge is 0.378 e. The molecule has 0 unspecified atom stereocenters. The molecule has 4 rings (SSSR count). The molecule has 132 valence electrons. The number of para-hydroxylation sites is 2. The van der Waals surface area contributed by atoms with E-state index in [0.717, 1.165) is 50.9 Å². The van der Waals surface area contributed by atoms with Crippen molar-refractivity contribution in [2.24, 2.45) is 0 Å². The molecule has 0 atom stereocenters. The number of rotatable bonds is 4. The number of nitrogens with zero attached hydrogens (tertiary/aromatic N) is 5. The molecule has 1 N–H and O–H groups in total. The SMILES string of the molecule is c1ccc(N2CCOCC2)c(Nc2cnnc(N3CCCCC3)n2)c1. The van der Waals surface area contributed by atoms with Gasteiger partial charge in [0.25, 0.3) is 0 Å². The summed E-state index contributed by atoms with van der Waals surface area (Å²) in [7, 11) is 0.